The first-order valence-corrected chi connectivity index (χ1v) is 10.6. The predicted molar refractivity (Wildman–Crippen MR) is 124 cm³/mol. The van der Waals surface area contributed by atoms with Crippen LogP contribution in [0.15, 0.2) is 59.4 Å². The van der Waals surface area contributed by atoms with Gasteiger partial charge in [0.2, 0.25) is 0 Å². The lowest BCUT2D eigenvalue weighted by atomic mass is 10.0. The summed E-state index contributed by atoms with van der Waals surface area (Å²) >= 11 is 0. The van der Waals surface area contributed by atoms with Crippen LogP contribution in [0.3, 0.4) is 0 Å². The zero-order valence-corrected chi connectivity index (χ0v) is 18.9. The van der Waals surface area contributed by atoms with E-state index in [0.717, 1.165) is 22.4 Å². The third-order valence-electron chi connectivity index (χ3n) is 5.03. The Bertz CT molecular complexity index is 1140. The molecule has 0 aliphatic heterocycles. The predicted octanol–water partition coefficient (Wildman–Crippen LogP) is 3.55. The van der Waals surface area contributed by atoms with E-state index in [2.05, 4.69) is 24.3 Å². The summed E-state index contributed by atoms with van der Waals surface area (Å²) in [6.45, 7) is 6.59. The third-order valence-corrected chi connectivity index (χ3v) is 5.03. The average Bonchev–Trinajstić information content (AvgIpc) is 2.78. The number of ether oxygens (including phenoxy) is 2. The van der Waals surface area contributed by atoms with E-state index in [9.17, 15) is 9.59 Å². The minimum absolute atomic E-state index is 0.0879. The van der Waals surface area contributed by atoms with Crippen molar-refractivity contribution in [2.24, 2.45) is 0 Å². The Hall–Kier alpha value is -3.61. The molecule has 1 aromatic heterocycles. The van der Waals surface area contributed by atoms with Crippen LogP contribution in [-0.4, -0.2) is 35.9 Å². The molecule has 0 unspecified atom stereocenters. The van der Waals surface area contributed by atoms with Crippen molar-refractivity contribution < 1.29 is 14.3 Å². The van der Waals surface area contributed by atoms with Crippen molar-refractivity contribution in [1.29, 1.82) is 0 Å². The van der Waals surface area contributed by atoms with Gasteiger partial charge in [-0.2, -0.15) is 5.10 Å². The van der Waals surface area contributed by atoms with Crippen LogP contribution >= 0.6 is 0 Å². The van der Waals surface area contributed by atoms with Gasteiger partial charge in [0.25, 0.3) is 11.5 Å². The molecule has 0 aliphatic carbocycles. The molecule has 2 aromatic carbocycles. The number of nitrogens with zero attached hydrogens (tertiary/aromatic N) is 2. The lowest BCUT2D eigenvalue weighted by molar-refractivity contribution is -0.123. The standard InChI is InChI=1S/C25H29N3O4/c1-17(2)21-9-8-18(3)14-23(21)32-16-24(29)26-12-13-28-25(30)11-10-22(27-28)19-6-5-7-20(15-19)31-4/h5-11,14-15,17H,12-13,16H2,1-4H3,(H,26,29). The van der Waals surface area contributed by atoms with Crippen molar-refractivity contribution >= 4 is 5.91 Å². The first-order valence-electron chi connectivity index (χ1n) is 10.6. The maximum Gasteiger partial charge on any atom is 0.266 e. The second-order valence-electron chi connectivity index (χ2n) is 7.85. The summed E-state index contributed by atoms with van der Waals surface area (Å²) in [7, 11) is 1.60. The molecule has 0 radical (unpaired) electrons. The van der Waals surface area contributed by atoms with E-state index in [4.69, 9.17) is 9.47 Å². The number of rotatable bonds is 9. The maximum absolute atomic E-state index is 12.3. The van der Waals surface area contributed by atoms with Crippen molar-refractivity contribution in [2.75, 3.05) is 20.3 Å². The molecule has 0 bridgehead atoms. The highest BCUT2D eigenvalue weighted by Crippen LogP contribution is 2.27. The molecule has 168 valence electrons. The Morgan fingerprint density at radius 3 is 2.69 bits per heavy atom. The Morgan fingerprint density at radius 1 is 1.12 bits per heavy atom. The summed E-state index contributed by atoms with van der Waals surface area (Å²) in [5.74, 6) is 1.48. The molecule has 7 nitrogen and oxygen atoms in total. The van der Waals surface area contributed by atoms with E-state index in [1.165, 1.54) is 10.7 Å². The van der Waals surface area contributed by atoms with Gasteiger partial charge in [0.15, 0.2) is 6.61 Å². The van der Waals surface area contributed by atoms with Crippen LogP contribution in [0.2, 0.25) is 0 Å². The molecular weight excluding hydrogens is 406 g/mol. The van der Waals surface area contributed by atoms with Crippen molar-refractivity contribution in [3.05, 3.63) is 76.1 Å². The Kier molecular flexibility index (Phi) is 7.65. The number of carbonyl (C=O) groups is 1. The maximum atomic E-state index is 12.3. The quantitative estimate of drug-likeness (QED) is 0.556. The highest BCUT2D eigenvalue weighted by atomic mass is 16.5. The lowest BCUT2D eigenvalue weighted by Gasteiger charge is -2.15. The first kappa shape index (κ1) is 23.1. The number of aryl methyl sites for hydroxylation is 1. The number of methoxy groups -OCH3 is 1. The second kappa shape index (κ2) is 10.6. The van der Waals surface area contributed by atoms with Crippen molar-refractivity contribution in [1.82, 2.24) is 15.1 Å². The van der Waals surface area contributed by atoms with Crippen molar-refractivity contribution in [2.45, 2.75) is 33.2 Å². The molecule has 1 N–H and O–H groups in total. The zero-order chi connectivity index (χ0) is 23.1. The molecule has 0 saturated carbocycles. The summed E-state index contributed by atoms with van der Waals surface area (Å²) in [6.07, 6.45) is 0. The first-order chi connectivity index (χ1) is 15.4. The number of benzene rings is 2. The summed E-state index contributed by atoms with van der Waals surface area (Å²) in [6, 6.07) is 16.6. The number of amides is 1. The van der Waals surface area contributed by atoms with Gasteiger partial charge in [0.05, 0.1) is 19.3 Å². The van der Waals surface area contributed by atoms with Crippen LogP contribution in [0.25, 0.3) is 11.3 Å². The SMILES string of the molecule is COc1cccc(-c2ccc(=O)n(CCNC(=O)COc3cc(C)ccc3C(C)C)n2)c1. The fraction of sp³-hybridized carbons (Fsp3) is 0.320. The van der Waals surface area contributed by atoms with Crippen LogP contribution in [-0.2, 0) is 11.3 Å². The van der Waals surface area contributed by atoms with E-state index in [1.807, 2.05) is 49.4 Å². The number of hydrogen-bond donors (Lipinski definition) is 1. The number of hydrogen-bond acceptors (Lipinski definition) is 5. The average molecular weight is 436 g/mol. The monoisotopic (exact) mass is 435 g/mol. The normalized spacial score (nSPS) is 10.8. The number of aromatic nitrogens is 2. The molecule has 3 aromatic rings. The summed E-state index contributed by atoms with van der Waals surface area (Å²) in [4.78, 5) is 24.4. The van der Waals surface area contributed by atoms with Crippen LogP contribution < -0.4 is 20.3 Å². The van der Waals surface area contributed by atoms with E-state index >= 15 is 0 Å². The van der Waals surface area contributed by atoms with Gasteiger partial charge in [0, 0.05) is 18.2 Å². The van der Waals surface area contributed by atoms with Gasteiger partial charge < -0.3 is 14.8 Å². The fourth-order valence-corrected chi connectivity index (χ4v) is 3.28. The molecule has 3 rings (SSSR count). The van der Waals surface area contributed by atoms with Gasteiger partial charge in [-0.1, -0.05) is 38.1 Å². The summed E-state index contributed by atoms with van der Waals surface area (Å²) in [5, 5.41) is 7.20. The van der Waals surface area contributed by atoms with Gasteiger partial charge in [-0.15, -0.1) is 0 Å². The lowest BCUT2D eigenvalue weighted by Crippen LogP contribution is -2.34. The van der Waals surface area contributed by atoms with Gasteiger partial charge in [-0.3, -0.25) is 9.59 Å². The highest BCUT2D eigenvalue weighted by Gasteiger charge is 2.11. The molecule has 0 atom stereocenters. The Morgan fingerprint density at radius 2 is 1.94 bits per heavy atom. The van der Waals surface area contributed by atoms with Gasteiger partial charge in [-0.05, 0) is 48.2 Å². The van der Waals surface area contributed by atoms with E-state index < -0.39 is 0 Å². The minimum Gasteiger partial charge on any atom is -0.497 e. The summed E-state index contributed by atoms with van der Waals surface area (Å²) in [5.41, 5.74) is 3.40. The van der Waals surface area contributed by atoms with Gasteiger partial charge >= 0.3 is 0 Å². The smallest absolute Gasteiger partial charge is 0.266 e. The van der Waals surface area contributed by atoms with E-state index in [1.54, 1.807) is 13.2 Å². The summed E-state index contributed by atoms with van der Waals surface area (Å²) < 4.78 is 12.3. The van der Waals surface area contributed by atoms with Crippen molar-refractivity contribution in [3.63, 3.8) is 0 Å². The largest absolute Gasteiger partial charge is 0.497 e. The zero-order valence-electron chi connectivity index (χ0n) is 18.9. The number of carbonyl (C=O) groups excluding carboxylic acids is 1. The topological polar surface area (TPSA) is 82.5 Å². The molecule has 1 heterocycles. The minimum atomic E-state index is -0.252. The molecule has 7 heteroatoms. The molecule has 0 spiro atoms. The van der Waals surface area contributed by atoms with Crippen LogP contribution in [0.5, 0.6) is 11.5 Å². The number of nitrogens with one attached hydrogen (secondary N) is 1. The second-order valence-corrected chi connectivity index (χ2v) is 7.85. The molecular formula is C25H29N3O4. The Balaban J connectivity index is 1.58. The molecule has 32 heavy (non-hydrogen) atoms. The van der Waals surface area contributed by atoms with E-state index in [0.29, 0.717) is 17.4 Å². The fourth-order valence-electron chi connectivity index (χ4n) is 3.28. The van der Waals surface area contributed by atoms with Crippen LogP contribution in [0.4, 0.5) is 0 Å². The van der Waals surface area contributed by atoms with Crippen LogP contribution in [0, 0.1) is 6.92 Å². The Labute approximate surface area is 188 Å². The van der Waals surface area contributed by atoms with Gasteiger partial charge in [0.1, 0.15) is 11.5 Å². The highest BCUT2D eigenvalue weighted by molar-refractivity contribution is 5.77. The van der Waals surface area contributed by atoms with Crippen molar-refractivity contribution in [3.8, 4) is 22.8 Å². The molecule has 1 amide bonds. The van der Waals surface area contributed by atoms with Crippen LogP contribution in [0.1, 0.15) is 30.9 Å². The van der Waals surface area contributed by atoms with E-state index in [-0.39, 0.29) is 31.2 Å². The molecule has 0 saturated heterocycles. The third kappa shape index (κ3) is 5.97. The van der Waals surface area contributed by atoms with Gasteiger partial charge in [-0.25, -0.2) is 4.68 Å². The molecule has 0 fully saturated rings. The molecule has 0 aliphatic rings.